The molecule has 266 valence electrons. The van der Waals surface area contributed by atoms with Gasteiger partial charge in [-0.15, -0.1) is 0 Å². The first-order valence-electron chi connectivity index (χ1n) is 19.7. The van der Waals surface area contributed by atoms with Crippen molar-refractivity contribution in [3.8, 4) is 44.5 Å². The second-order valence-electron chi connectivity index (χ2n) is 15.2. The number of para-hydroxylation sites is 1. The van der Waals surface area contributed by atoms with Crippen LogP contribution in [0.4, 0.5) is 17.1 Å². The van der Waals surface area contributed by atoms with Crippen LogP contribution in [0, 0.1) is 0 Å². The zero-order chi connectivity index (χ0) is 37.5. The average molecular weight is 726 g/mol. The molecule has 1 aromatic heterocycles. The summed E-state index contributed by atoms with van der Waals surface area (Å²) in [5, 5.41) is 2.27. The van der Waals surface area contributed by atoms with Gasteiger partial charge >= 0.3 is 0 Å². The van der Waals surface area contributed by atoms with Crippen molar-refractivity contribution in [2.24, 2.45) is 0 Å². The van der Waals surface area contributed by atoms with Crippen molar-refractivity contribution in [3.05, 3.63) is 235 Å². The Morgan fingerprint density at radius 3 is 1.44 bits per heavy atom. The topological polar surface area (TPSA) is 16.4 Å². The van der Waals surface area contributed by atoms with Crippen molar-refractivity contribution in [3.63, 3.8) is 0 Å². The molecule has 2 aliphatic rings. The summed E-state index contributed by atoms with van der Waals surface area (Å²) in [6.45, 7) is 0. The Balaban J connectivity index is 0.957. The number of nitrogens with zero attached hydrogens (tertiary/aromatic N) is 1. The molecule has 2 heteroatoms. The Kier molecular flexibility index (Phi) is 6.88. The molecule has 9 aromatic carbocycles. The molecule has 1 heterocycles. The van der Waals surface area contributed by atoms with E-state index in [0.29, 0.717) is 0 Å². The minimum absolute atomic E-state index is 0.392. The highest BCUT2D eigenvalue weighted by Gasteiger charge is 2.52. The van der Waals surface area contributed by atoms with Crippen LogP contribution in [0.1, 0.15) is 22.3 Å². The van der Waals surface area contributed by atoms with E-state index in [9.17, 15) is 0 Å². The molecule has 0 aliphatic heterocycles. The molecule has 0 fully saturated rings. The molecule has 0 bridgehead atoms. The summed E-state index contributed by atoms with van der Waals surface area (Å²) in [5.41, 5.74) is 19.9. The fourth-order valence-corrected chi connectivity index (χ4v) is 9.85. The molecular weight excluding hydrogens is 691 g/mol. The molecule has 10 aromatic rings. The summed E-state index contributed by atoms with van der Waals surface area (Å²) in [7, 11) is 0. The molecule has 0 unspecified atom stereocenters. The van der Waals surface area contributed by atoms with E-state index in [0.717, 1.165) is 50.1 Å². The Morgan fingerprint density at radius 2 is 0.807 bits per heavy atom. The van der Waals surface area contributed by atoms with Crippen molar-refractivity contribution in [1.82, 2.24) is 0 Å². The molecule has 0 saturated heterocycles. The Labute approximate surface area is 331 Å². The van der Waals surface area contributed by atoms with E-state index in [4.69, 9.17) is 4.42 Å². The normalized spacial score (nSPS) is 13.1. The van der Waals surface area contributed by atoms with Crippen LogP contribution < -0.4 is 4.90 Å². The van der Waals surface area contributed by atoms with E-state index >= 15 is 0 Å². The van der Waals surface area contributed by atoms with Gasteiger partial charge in [0.05, 0.1) is 5.41 Å². The Hall–Kier alpha value is -7.42. The predicted molar refractivity (Wildman–Crippen MR) is 236 cm³/mol. The molecule has 0 saturated carbocycles. The fraction of sp³-hybridized carbons (Fsp3) is 0.0182. The second kappa shape index (κ2) is 12.3. The summed E-state index contributed by atoms with van der Waals surface area (Å²) < 4.78 is 6.90. The highest BCUT2D eigenvalue weighted by atomic mass is 16.3. The Bertz CT molecular complexity index is 3110. The second-order valence-corrected chi connectivity index (χ2v) is 15.2. The molecule has 0 amide bonds. The van der Waals surface area contributed by atoms with Gasteiger partial charge in [-0.25, -0.2) is 0 Å². The van der Waals surface area contributed by atoms with Gasteiger partial charge in [0.2, 0.25) is 0 Å². The number of fused-ring (bicyclic) bond motifs is 14. The maximum Gasteiger partial charge on any atom is 0.143 e. The average Bonchev–Trinajstić information content (AvgIpc) is 3.91. The van der Waals surface area contributed by atoms with Crippen molar-refractivity contribution in [2.45, 2.75) is 5.41 Å². The monoisotopic (exact) mass is 725 g/mol. The lowest BCUT2D eigenvalue weighted by Crippen LogP contribution is -2.25. The van der Waals surface area contributed by atoms with Crippen LogP contribution in [0.25, 0.3) is 66.4 Å². The van der Waals surface area contributed by atoms with Gasteiger partial charge in [-0.05, 0) is 110 Å². The van der Waals surface area contributed by atoms with E-state index in [-0.39, 0.29) is 0 Å². The van der Waals surface area contributed by atoms with Gasteiger partial charge in [0, 0.05) is 33.4 Å². The molecule has 2 aliphatic carbocycles. The molecule has 1 spiro atoms. The number of hydrogen-bond acceptors (Lipinski definition) is 2. The fourth-order valence-electron chi connectivity index (χ4n) is 9.85. The van der Waals surface area contributed by atoms with Crippen molar-refractivity contribution in [2.75, 3.05) is 4.90 Å². The van der Waals surface area contributed by atoms with Gasteiger partial charge in [-0.3, -0.25) is 0 Å². The van der Waals surface area contributed by atoms with Crippen LogP contribution in [0.2, 0.25) is 0 Å². The van der Waals surface area contributed by atoms with Crippen LogP contribution in [0.5, 0.6) is 0 Å². The lowest BCUT2D eigenvalue weighted by atomic mass is 9.70. The van der Waals surface area contributed by atoms with Crippen molar-refractivity contribution < 1.29 is 4.42 Å². The summed E-state index contributed by atoms with van der Waals surface area (Å²) in [6, 6.07) is 77.0. The third-order valence-corrected chi connectivity index (χ3v) is 12.3. The number of rotatable bonds is 5. The van der Waals surface area contributed by atoms with Gasteiger partial charge in [0.1, 0.15) is 11.2 Å². The lowest BCUT2D eigenvalue weighted by molar-refractivity contribution is 0.669. The van der Waals surface area contributed by atoms with Crippen LogP contribution in [-0.2, 0) is 5.41 Å². The predicted octanol–water partition coefficient (Wildman–Crippen LogP) is 14.7. The third kappa shape index (κ3) is 4.59. The van der Waals surface area contributed by atoms with E-state index in [1.54, 1.807) is 0 Å². The van der Waals surface area contributed by atoms with E-state index in [1.807, 2.05) is 0 Å². The summed E-state index contributed by atoms with van der Waals surface area (Å²) in [5.74, 6) is 0. The van der Waals surface area contributed by atoms with Crippen LogP contribution in [0.3, 0.4) is 0 Å². The minimum atomic E-state index is -0.392. The smallest absolute Gasteiger partial charge is 0.143 e. The number of hydrogen-bond donors (Lipinski definition) is 0. The highest BCUT2D eigenvalue weighted by molar-refractivity contribution is 6.14. The zero-order valence-electron chi connectivity index (χ0n) is 31.1. The minimum Gasteiger partial charge on any atom is -0.455 e. The van der Waals surface area contributed by atoms with Crippen LogP contribution in [0.15, 0.2) is 217 Å². The van der Waals surface area contributed by atoms with Crippen LogP contribution >= 0.6 is 0 Å². The SMILES string of the molecule is c1ccc(-c2ccc(N(c3ccccc3)c3ccc(-c4ccc5oc6c7c(ccc6c5c4)C4(c5ccccc5-c5ccccc54)c4ccccc4-7)cc3)cc2)cc1. The number of benzene rings is 9. The first-order chi connectivity index (χ1) is 28.3. The summed E-state index contributed by atoms with van der Waals surface area (Å²) in [6.07, 6.45) is 0. The first-order valence-corrected chi connectivity index (χ1v) is 19.7. The van der Waals surface area contributed by atoms with Crippen LogP contribution in [-0.4, -0.2) is 0 Å². The highest BCUT2D eigenvalue weighted by Crippen LogP contribution is 2.64. The molecule has 12 rings (SSSR count). The van der Waals surface area contributed by atoms with Crippen molar-refractivity contribution >= 4 is 39.0 Å². The first kappa shape index (κ1) is 31.9. The number of furan rings is 1. The molecule has 0 N–H and O–H groups in total. The molecule has 57 heavy (non-hydrogen) atoms. The van der Waals surface area contributed by atoms with E-state index < -0.39 is 5.41 Å². The van der Waals surface area contributed by atoms with Gasteiger partial charge in [0.15, 0.2) is 0 Å². The van der Waals surface area contributed by atoms with Gasteiger partial charge in [-0.1, -0.05) is 164 Å². The molecular formula is C55H35NO. The van der Waals surface area contributed by atoms with E-state index in [2.05, 4.69) is 217 Å². The molecule has 0 atom stereocenters. The standard InChI is InChI=1S/C55H35NO/c1-3-13-36(14-4-1)37-23-28-41(29-24-37)56(40-15-5-2-6-16-40)42-30-25-38(26-31-42)39-27-34-52-47(35-39)45-32-33-51-53(54(45)57-52)46-19-9-12-22-50(46)55(51)48-20-10-7-17-43(48)44-18-8-11-21-49(44)55/h1-35H. The van der Waals surface area contributed by atoms with Gasteiger partial charge in [0.25, 0.3) is 0 Å². The quantitative estimate of drug-likeness (QED) is 0.176. The van der Waals surface area contributed by atoms with Gasteiger partial charge in [-0.2, -0.15) is 0 Å². The van der Waals surface area contributed by atoms with E-state index in [1.165, 1.54) is 55.6 Å². The van der Waals surface area contributed by atoms with Gasteiger partial charge < -0.3 is 9.32 Å². The Morgan fingerprint density at radius 1 is 0.333 bits per heavy atom. The summed E-state index contributed by atoms with van der Waals surface area (Å²) in [4.78, 5) is 2.32. The zero-order valence-corrected chi connectivity index (χ0v) is 31.1. The van der Waals surface area contributed by atoms with Crippen molar-refractivity contribution in [1.29, 1.82) is 0 Å². The molecule has 0 radical (unpaired) electrons. The maximum absolute atomic E-state index is 6.90. The lowest BCUT2D eigenvalue weighted by Gasteiger charge is -2.30. The molecule has 2 nitrogen and oxygen atoms in total. The maximum atomic E-state index is 6.90. The largest absolute Gasteiger partial charge is 0.455 e. The summed E-state index contributed by atoms with van der Waals surface area (Å²) >= 11 is 0. The third-order valence-electron chi connectivity index (χ3n) is 12.3. The number of anilines is 3.